The van der Waals surface area contributed by atoms with Gasteiger partial charge < -0.3 is 29.0 Å². The molecule has 0 aliphatic heterocycles. The van der Waals surface area contributed by atoms with E-state index in [2.05, 4.69) is 10.1 Å². The molecule has 0 fully saturated rings. The van der Waals surface area contributed by atoms with Crippen LogP contribution in [0.2, 0.25) is 0 Å². The Bertz CT molecular complexity index is 1160. The molecule has 3 aromatic heterocycles. The van der Waals surface area contributed by atoms with Crippen LogP contribution in [0.25, 0.3) is 27.9 Å². The van der Waals surface area contributed by atoms with Gasteiger partial charge in [-0.25, -0.2) is 4.98 Å². The average molecular weight is 367 g/mol. The van der Waals surface area contributed by atoms with Crippen molar-refractivity contribution in [3.05, 3.63) is 60.3 Å². The Labute approximate surface area is 153 Å². The van der Waals surface area contributed by atoms with E-state index < -0.39 is 6.10 Å². The molecule has 0 saturated carbocycles. The molecule has 1 unspecified atom stereocenters. The van der Waals surface area contributed by atoms with E-state index in [0.717, 1.165) is 5.52 Å². The van der Waals surface area contributed by atoms with E-state index in [4.69, 9.17) is 14.3 Å². The second-order valence-corrected chi connectivity index (χ2v) is 6.02. The monoisotopic (exact) mass is 367 g/mol. The van der Waals surface area contributed by atoms with Crippen molar-refractivity contribution in [2.75, 3.05) is 13.2 Å². The Hall–Kier alpha value is -3.36. The first kappa shape index (κ1) is 17.1. The van der Waals surface area contributed by atoms with Gasteiger partial charge in [-0.1, -0.05) is 5.16 Å². The summed E-state index contributed by atoms with van der Waals surface area (Å²) in [6.45, 7) is -0.438. The van der Waals surface area contributed by atoms with Gasteiger partial charge in [0, 0.05) is 17.8 Å². The van der Waals surface area contributed by atoms with Crippen molar-refractivity contribution >= 4 is 16.5 Å². The van der Waals surface area contributed by atoms with Crippen molar-refractivity contribution in [1.29, 1.82) is 0 Å². The molecule has 3 N–H and O–H groups in total. The highest BCUT2D eigenvalue weighted by Crippen LogP contribution is 2.24. The molecule has 0 bridgehead atoms. The lowest BCUT2D eigenvalue weighted by molar-refractivity contribution is 0.0536. The maximum Gasteiger partial charge on any atom is 0.155 e. The number of fused-ring (bicyclic) bond motifs is 2. The lowest BCUT2D eigenvalue weighted by Crippen LogP contribution is -2.21. The van der Waals surface area contributed by atoms with Gasteiger partial charge in [-0.3, -0.25) is 0 Å². The van der Waals surface area contributed by atoms with Crippen LogP contribution >= 0.6 is 0 Å². The topological polar surface area (TPSA) is 113 Å². The molecule has 0 aliphatic carbocycles. The lowest BCUT2D eigenvalue weighted by Gasteiger charge is -2.10. The van der Waals surface area contributed by atoms with E-state index in [1.54, 1.807) is 30.6 Å². The van der Waals surface area contributed by atoms with Gasteiger partial charge in [-0.2, -0.15) is 0 Å². The fourth-order valence-corrected chi connectivity index (χ4v) is 2.76. The maximum absolute atomic E-state index is 9.44. The number of aromatic nitrogens is 2. The van der Waals surface area contributed by atoms with Crippen molar-refractivity contribution in [2.45, 2.75) is 6.10 Å². The van der Waals surface area contributed by atoms with Crippen LogP contribution in [0.5, 0.6) is 5.75 Å². The van der Waals surface area contributed by atoms with E-state index in [1.807, 2.05) is 28.8 Å². The summed E-state index contributed by atoms with van der Waals surface area (Å²) in [6, 6.07) is 12.3. The normalized spacial score (nSPS) is 13.3. The molecule has 0 spiro atoms. The smallest absolute Gasteiger partial charge is 0.155 e. The Kier molecular flexibility index (Phi) is 4.49. The van der Waals surface area contributed by atoms with Crippen molar-refractivity contribution in [1.82, 2.24) is 9.38 Å². The molecule has 0 aliphatic rings. The summed E-state index contributed by atoms with van der Waals surface area (Å²) >= 11 is 0. The second kappa shape index (κ2) is 7.10. The maximum atomic E-state index is 9.44. The summed E-state index contributed by atoms with van der Waals surface area (Å²) < 4.78 is 13.2. The van der Waals surface area contributed by atoms with Gasteiger partial charge in [0.2, 0.25) is 0 Å². The zero-order valence-electron chi connectivity index (χ0n) is 14.2. The molecule has 27 heavy (non-hydrogen) atoms. The molecule has 8 heteroatoms. The number of benzene rings is 1. The highest BCUT2D eigenvalue weighted by molar-refractivity contribution is 5.80. The van der Waals surface area contributed by atoms with Gasteiger partial charge in [0.1, 0.15) is 35.1 Å². The van der Waals surface area contributed by atoms with Crippen LogP contribution in [0.1, 0.15) is 0 Å². The summed E-state index contributed by atoms with van der Waals surface area (Å²) in [7, 11) is 0. The highest BCUT2D eigenvalue weighted by atomic mass is 16.5. The number of rotatable bonds is 5. The van der Waals surface area contributed by atoms with Crippen LogP contribution in [-0.4, -0.2) is 44.1 Å². The molecule has 1 aromatic carbocycles. The van der Waals surface area contributed by atoms with Crippen LogP contribution in [-0.2, 0) is 0 Å². The zero-order chi connectivity index (χ0) is 18.8. The number of aliphatic hydroxyl groups excluding tert-OH is 2. The van der Waals surface area contributed by atoms with Crippen molar-refractivity contribution in [2.24, 2.45) is 5.16 Å². The molecule has 4 rings (SSSR count). The third kappa shape index (κ3) is 3.35. The Morgan fingerprint density at radius 2 is 2.11 bits per heavy atom. The van der Waals surface area contributed by atoms with Gasteiger partial charge in [-0.15, -0.1) is 0 Å². The minimum atomic E-state index is -0.968. The molecule has 4 aromatic rings. The van der Waals surface area contributed by atoms with Gasteiger partial charge in [-0.05, 0) is 36.4 Å². The minimum Gasteiger partial charge on any atom is -0.491 e. The standard InChI is InChI=1S/C19H17N3O5/c23-9-13(24)10-26-14-3-4-18-15(7-14)16(21-25)8-19(27-18)17-6-12-2-1-5-22(12)11-20-17/h1-8,11,13,23-25H,9-10H2/b21-16-. The Balaban J connectivity index is 1.76. The fraction of sp³-hybridized carbons (Fsp3) is 0.158. The quantitative estimate of drug-likeness (QED) is 0.366. The minimum absolute atomic E-state index is 0.0515. The number of hydrogen-bond acceptors (Lipinski definition) is 7. The molecule has 8 nitrogen and oxygen atoms in total. The molecule has 3 heterocycles. The highest BCUT2D eigenvalue weighted by Gasteiger charge is 2.10. The summed E-state index contributed by atoms with van der Waals surface area (Å²) in [6.07, 6.45) is 2.61. The van der Waals surface area contributed by atoms with Gasteiger partial charge >= 0.3 is 0 Å². The van der Waals surface area contributed by atoms with E-state index in [9.17, 15) is 10.3 Å². The van der Waals surface area contributed by atoms with Crippen LogP contribution in [0.15, 0.2) is 64.6 Å². The molecule has 0 saturated heterocycles. The Morgan fingerprint density at radius 3 is 2.93 bits per heavy atom. The van der Waals surface area contributed by atoms with Gasteiger partial charge in [0.05, 0.1) is 18.3 Å². The van der Waals surface area contributed by atoms with E-state index in [-0.39, 0.29) is 13.2 Å². The van der Waals surface area contributed by atoms with Gasteiger partial charge in [0.25, 0.3) is 0 Å². The average Bonchev–Trinajstić information content (AvgIpc) is 3.18. The van der Waals surface area contributed by atoms with Crippen molar-refractivity contribution < 1.29 is 24.6 Å². The van der Waals surface area contributed by atoms with Crippen LogP contribution in [0.4, 0.5) is 0 Å². The summed E-state index contributed by atoms with van der Waals surface area (Å²) in [5, 5.41) is 31.9. The molecular weight excluding hydrogens is 350 g/mol. The number of aliphatic hydroxyl groups is 2. The first-order valence-electron chi connectivity index (χ1n) is 8.29. The second-order valence-electron chi connectivity index (χ2n) is 6.02. The molecular formula is C19H17N3O5. The first-order valence-corrected chi connectivity index (χ1v) is 8.29. The lowest BCUT2D eigenvalue weighted by atomic mass is 10.2. The van der Waals surface area contributed by atoms with Crippen LogP contribution in [0.3, 0.4) is 0 Å². The Morgan fingerprint density at radius 1 is 1.22 bits per heavy atom. The third-order valence-corrected chi connectivity index (χ3v) is 4.15. The molecule has 1 atom stereocenters. The molecule has 0 radical (unpaired) electrons. The number of ether oxygens (including phenoxy) is 1. The van der Waals surface area contributed by atoms with Gasteiger partial charge in [0.15, 0.2) is 5.76 Å². The van der Waals surface area contributed by atoms with E-state index in [0.29, 0.717) is 33.5 Å². The predicted octanol–water partition coefficient (Wildman–Crippen LogP) is 1.77. The van der Waals surface area contributed by atoms with E-state index in [1.165, 1.54) is 0 Å². The first-order chi connectivity index (χ1) is 13.2. The third-order valence-electron chi connectivity index (χ3n) is 4.15. The molecule has 0 amide bonds. The van der Waals surface area contributed by atoms with Crippen LogP contribution in [0, 0.1) is 0 Å². The van der Waals surface area contributed by atoms with E-state index >= 15 is 0 Å². The summed E-state index contributed by atoms with van der Waals surface area (Å²) in [4.78, 5) is 4.38. The predicted molar refractivity (Wildman–Crippen MR) is 96.3 cm³/mol. The summed E-state index contributed by atoms with van der Waals surface area (Å²) in [5.41, 5.74) is 2.07. The van der Waals surface area contributed by atoms with Crippen molar-refractivity contribution in [3.63, 3.8) is 0 Å². The number of hydrogen-bond donors (Lipinski definition) is 3. The van der Waals surface area contributed by atoms with Crippen LogP contribution < -0.4 is 10.1 Å². The number of nitrogens with zero attached hydrogens (tertiary/aromatic N) is 3. The fourth-order valence-electron chi connectivity index (χ4n) is 2.76. The summed E-state index contributed by atoms with van der Waals surface area (Å²) in [5.74, 6) is 0.916. The van der Waals surface area contributed by atoms with Crippen molar-refractivity contribution in [3.8, 4) is 17.2 Å². The largest absolute Gasteiger partial charge is 0.491 e. The zero-order valence-corrected chi connectivity index (χ0v) is 14.2. The SMILES string of the molecule is OCC(O)COc1ccc2oc(-c3cc4cccn4cn3)c/c(=N/O)c2c1. The molecule has 138 valence electrons.